The van der Waals surface area contributed by atoms with Crippen LogP contribution < -0.4 is 5.32 Å². The number of hydrogen-bond donors (Lipinski definition) is 1. The van der Waals surface area contributed by atoms with Gasteiger partial charge in [-0.3, -0.25) is 4.90 Å². The van der Waals surface area contributed by atoms with Crippen LogP contribution in [0.15, 0.2) is 54.6 Å². The normalized spacial score (nSPS) is 10.8. The Labute approximate surface area is 126 Å². The van der Waals surface area contributed by atoms with E-state index in [1.165, 1.54) is 5.56 Å². The number of benzene rings is 2. The van der Waals surface area contributed by atoms with Gasteiger partial charge in [0.05, 0.1) is 10.7 Å². The van der Waals surface area contributed by atoms with Crippen molar-refractivity contribution in [2.75, 3.05) is 25.0 Å². The molecule has 0 aliphatic carbocycles. The number of anilines is 1. The lowest BCUT2D eigenvalue weighted by molar-refractivity contribution is 0.291. The Balaban J connectivity index is 1.81. The highest BCUT2D eigenvalue weighted by Crippen LogP contribution is 2.19. The Bertz CT molecular complexity index is 513. The van der Waals surface area contributed by atoms with Gasteiger partial charge < -0.3 is 5.32 Å². The van der Waals surface area contributed by atoms with E-state index in [0.717, 1.165) is 36.9 Å². The molecule has 2 nitrogen and oxygen atoms in total. The highest BCUT2D eigenvalue weighted by molar-refractivity contribution is 6.33. The summed E-state index contributed by atoms with van der Waals surface area (Å²) in [5.74, 6) is 0. The van der Waals surface area contributed by atoms with Gasteiger partial charge in [-0.15, -0.1) is 0 Å². The maximum atomic E-state index is 6.13. The molecule has 0 bridgehead atoms. The van der Waals surface area contributed by atoms with Crippen molar-refractivity contribution in [3.8, 4) is 0 Å². The zero-order valence-electron chi connectivity index (χ0n) is 11.8. The minimum absolute atomic E-state index is 0.776. The van der Waals surface area contributed by atoms with Crippen LogP contribution in [-0.4, -0.2) is 24.5 Å². The fourth-order valence-electron chi connectivity index (χ4n) is 2.14. The quantitative estimate of drug-likeness (QED) is 0.818. The van der Waals surface area contributed by atoms with Crippen molar-refractivity contribution >= 4 is 17.3 Å². The average molecular weight is 289 g/mol. The lowest BCUT2D eigenvalue weighted by Crippen LogP contribution is -2.28. The predicted octanol–water partition coefficient (Wildman–Crippen LogP) is 4.27. The standard InChI is InChI=1S/C17H21ClN2/c1-2-20(14-15-8-4-3-5-9-15)13-12-19-17-11-7-6-10-16(17)18/h3-11,19H,2,12-14H2,1H3. The molecule has 20 heavy (non-hydrogen) atoms. The summed E-state index contributed by atoms with van der Waals surface area (Å²) in [7, 11) is 0. The lowest BCUT2D eigenvalue weighted by atomic mass is 10.2. The fraction of sp³-hybridized carbons (Fsp3) is 0.294. The van der Waals surface area contributed by atoms with E-state index in [2.05, 4.69) is 47.5 Å². The largest absolute Gasteiger partial charge is 0.383 e. The van der Waals surface area contributed by atoms with Gasteiger partial charge in [-0.25, -0.2) is 0 Å². The van der Waals surface area contributed by atoms with Crippen molar-refractivity contribution in [1.29, 1.82) is 0 Å². The van der Waals surface area contributed by atoms with E-state index in [0.29, 0.717) is 0 Å². The molecule has 0 heterocycles. The summed E-state index contributed by atoms with van der Waals surface area (Å²) in [6, 6.07) is 18.4. The fourth-order valence-corrected chi connectivity index (χ4v) is 2.35. The molecular formula is C17H21ClN2. The first-order valence-electron chi connectivity index (χ1n) is 7.04. The summed E-state index contributed by atoms with van der Waals surface area (Å²) in [5.41, 5.74) is 2.36. The van der Waals surface area contributed by atoms with Crippen molar-refractivity contribution in [1.82, 2.24) is 4.90 Å². The summed E-state index contributed by atoms with van der Waals surface area (Å²) in [4.78, 5) is 2.42. The highest BCUT2D eigenvalue weighted by atomic mass is 35.5. The molecule has 0 atom stereocenters. The van der Waals surface area contributed by atoms with E-state index in [1.54, 1.807) is 0 Å². The Morgan fingerprint density at radius 2 is 1.70 bits per heavy atom. The number of rotatable bonds is 7. The van der Waals surface area contributed by atoms with E-state index >= 15 is 0 Å². The van der Waals surface area contributed by atoms with Gasteiger partial charge in [0.15, 0.2) is 0 Å². The highest BCUT2D eigenvalue weighted by Gasteiger charge is 2.04. The second kappa shape index (κ2) is 7.93. The Kier molecular flexibility index (Phi) is 5.90. The van der Waals surface area contributed by atoms with Gasteiger partial charge in [-0.2, -0.15) is 0 Å². The molecule has 2 aromatic carbocycles. The van der Waals surface area contributed by atoms with Crippen molar-refractivity contribution in [2.24, 2.45) is 0 Å². The molecule has 3 heteroatoms. The van der Waals surface area contributed by atoms with Crippen LogP contribution in [0.2, 0.25) is 5.02 Å². The van der Waals surface area contributed by atoms with E-state index in [1.807, 2.05) is 24.3 Å². The molecular weight excluding hydrogens is 268 g/mol. The van der Waals surface area contributed by atoms with E-state index in [9.17, 15) is 0 Å². The van der Waals surface area contributed by atoms with Gasteiger partial charge in [0.2, 0.25) is 0 Å². The van der Waals surface area contributed by atoms with Gasteiger partial charge in [0, 0.05) is 19.6 Å². The maximum Gasteiger partial charge on any atom is 0.0637 e. The van der Waals surface area contributed by atoms with E-state index in [-0.39, 0.29) is 0 Å². The number of hydrogen-bond acceptors (Lipinski definition) is 2. The average Bonchev–Trinajstić information content (AvgIpc) is 2.49. The van der Waals surface area contributed by atoms with E-state index in [4.69, 9.17) is 11.6 Å². The number of nitrogens with one attached hydrogen (secondary N) is 1. The monoisotopic (exact) mass is 288 g/mol. The summed E-state index contributed by atoms with van der Waals surface area (Å²) < 4.78 is 0. The summed E-state index contributed by atoms with van der Waals surface area (Å²) in [6.07, 6.45) is 0. The maximum absolute atomic E-state index is 6.13. The zero-order valence-corrected chi connectivity index (χ0v) is 12.6. The molecule has 106 valence electrons. The molecule has 1 N–H and O–H groups in total. The third kappa shape index (κ3) is 4.55. The first-order chi connectivity index (χ1) is 9.79. The zero-order chi connectivity index (χ0) is 14.2. The van der Waals surface area contributed by atoms with E-state index < -0.39 is 0 Å². The van der Waals surface area contributed by atoms with Crippen LogP contribution in [0, 0.1) is 0 Å². The second-order valence-corrected chi connectivity index (χ2v) is 5.17. The van der Waals surface area contributed by atoms with Crippen molar-refractivity contribution in [2.45, 2.75) is 13.5 Å². The third-order valence-electron chi connectivity index (χ3n) is 3.31. The Morgan fingerprint density at radius 3 is 2.40 bits per heavy atom. The first kappa shape index (κ1) is 14.9. The summed E-state index contributed by atoms with van der Waals surface area (Å²) >= 11 is 6.13. The van der Waals surface area contributed by atoms with Gasteiger partial charge in [0.1, 0.15) is 0 Å². The predicted molar refractivity (Wildman–Crippen MR) is 87.3 cm³/mol. The van der Waals surface area contributed by atoms with Gasteiger partial charge in [-0.05, 0) is 24.2 Å². The van der Waals surface area contributed by atoms with Crippen molar-refractivity contribution in [3.05, 3.63) is 65.2 Å². The van der Waals surface area contributed by atoms with Gasteiger partial charge in [0.25, 0.3) is 0 Å². The number of nitrogens with zero attached hydrogens (tertiary/aromatic N) is 1. The summed E-state index contributed by atoms with van der Waals surface area (Å²) in [6.45, 7) is 6.11. The molecule has 0 radical (unpaired) electrons. The second-order valence-electron chi connectivity index (χ2n) is 4.76. The third-order valence-corrected chi connectivity index (χ3v) is 3.64. The molecule has 0 saturated heterocycles. The van der Waals surface area contributed by atoms with Crippen LogP contribution in [0.4, 0.5) is 5.69 Å². The van der Waals surface area contributed by atoms with Gasteiger partial charge in [-0.1, -0.05) is 61.0 Å². The molecule has 0 aliphatic heterocycles. The van der Waals surface area contributed by atoms with Crippen molar-refractivity contribution < 1.29 is 0 Å². The number of halogens is 1. The molecule has 0 amide bonds. The minimum Gasteiger partial charge on any atom is -0.383 e. The molecule has 2 rings (SSSR count). The van der Waals surface area contributed by atoms with Crippen LogP contribution in [-0.2, 0) is 6.54 Å². The SMILES string of the molecule is CCN(CCNc1ccccc1Cl)Cc1ccccc1. The van der Waals surface area contributed by atoms with Crippen LogP contribution in [0.1, 0.15) is 12.5 Å². The molecule has 0 aliphatic rings. The van der Waals surface area contributed by atoms with Crippen LogP contribution in [0.25, 0.3) is 0 Å². The molecule has 0 aromatic heterocycles. The number of para-hydroxylation sites is 1. The van der Waals surface area contributed by atoms with Crippen LogP contribution in [0.5, 0.6) is 0 Å². The molecule has 0 saturated carbocycles. The Morgan fingerprint density at radius 1 is 1.00 bits per heavy atom. The first-order valence-corrected chi connectivity index (χ1v) is 7.42. The molecule has 0 fully saturated rings. The van der Waals surface area contributed by atoms with Gasteiger partial charge >= 0.3 is 0 Å². The smallest absolute Gasteiger partial charge is 0.0637 e. The molecule has 0 spiro atoms. The molecule has 2 aromatic rings. The van der Waals surface area contributed by atoms with Crippen LogP contribution >= 0.6 is 11.6 Å². The summed E-state index contributed by atoms with van der Waals surface area (Å²) in [5, 5.41) is 4.17. The minimum atomic E-state index is 0.776. The van der Waals surface area contributed by atoms with Crippen LogP contribution in [0.3, 0.4) is 0 Å². The topological polar surface area (TPSA) is 15.3 Å². The lowest BCUT2D eigenvalue weighted by Gasteiger charge is -2.21. The number of likely N-dealkylation sites (N-methyl/N-ethyl adjacent to an activating group) is 1. The Hall–Kier alpha value is -1.51. The molecule has 0 unspecified atom stereocenters. The van der Waals surface area contributed by atoms with Crippen molar-refractivity contribution in [3.63, 3.8) is 0 Å².